The van der Waals surface area contributed by atoms with Gasteiger partial charge in [-0.1, -0.05) is 13.8 Å². The van der Waals surface area contributed by atoms with Crippen molar-refractivity contribution < 1.29 is 9.53 Å². The zero-order valence-electron chi connectivity index (χ0n) is 11.4. The third-order valence-electron chi connectivity index (χ3n) is 3.59. The van der Waals surface area contributed by atoms with Crippen molar-refractivity contribution in [2.24, 2.45) is 17.6 Å². The van der Waals surface area contributed by atoms with Crippen molar-refractivity contribution in [2.45, 2.75) is 13.8 Å². The van der Waals surface area contributed by atoms with Crippen LogP contribution in [0.15, 0.2) is 18.2 Å². The van der Waals surface area contributed by atoms with Crippen molar-refractivity contribution in [2.75, 3.05) is 30.3 Å². The van der Waals surface area contributed by atoms with Crippen molar-refractivity contribution in [3.05, 3.63) is 18.2 Å². The van der Waals surface area contributed by atoms with Crippen molar-refractivity contribution in [3.8, 4) is 5.75 Å². The summed E-state index contributed by atoms with van der Waals surface area (Å²) in [5.41, 5.74) is 13.0. The van der Waals surface area contributed by atoms with E-state index in [1.807, 2.05) is 0 Å². The van der Waals surface area contributed by atoms with Crippen molar-refractivity contribution in [1.29, 1.82) is 0 Å². The molecule has 4 N–H and O–H groups in total. The molecule has 5 heteroatoms. The Hall–Kier alpha value is -1.75. The number of carbonyl (C=O) groups excluding carboxylic acids is 1. The van der Waals surface area contributed by atoms with Gasteiger partial charge in [-0.15, -0.1) is 0 Å². The molecule has 1 amide bonds. The molecule has 1 aliphatic heterocycles. The lowest BCUT2D eigenvalue weighted by Gasteiger charge is -2.33. The first-order valence-corrected chi connectivity index (χ1v) is 6.55. The van der Waals surface area contributed by atoms with Crippen LogP contribution in [0.2, 0.25) is 0 Å². The Morgan fingerprint density at radius 1 is 1.42 bits per heavy atom. The first kappa shape index (κ1) is 13.7. The number of carbonyl (C=O) groups is 1. The molecule has 19 heavy (non-hydrogen) atoms. The number of nitrogen functional groups attached to an aromatic ring is 1. The number of ether oxygens (including phenoxy) is 1. The molecule has 0 aliphatic carbocycles. The number of anilines is 2. The van der Waals surface area contributed by atoms with Crippen LogP contribution < -0.4 is 21.1 Å². The van der Waals surface area contributed by atoms with Gasteiger partial charge in [0, 0.05) is 12.2 Å². The molecule has 1 atom stereocenters. The third-order valence-corrected chi connectivity index (χ3v) is 3.59. The van der Waals surface area contributed by atoms with Gasteiger partial charge >= 0.3 is 0 Å². The molecular weight excluding hydrogens is 242 g/mol. The van der Waals surface area contributed by atoms with Gasteiger partial charge in [0.05, 0.1) is 5.69 Å². The zero-order chi connectivity index (χ0) is 14.0. The minimum Gasteiger partial charge on any atom is -0.482 e. The van der Waals surface area contributed by atoms with Gasteiger partial charge in [0.1, 0.15) is 5.75 Å². The third kappa shape index (κ3) is 2.81. The summed E-state index contributed by atoms with van der Waals surface area (Å²) >= 11 is 0. The van der Waals surface area contributed by atoms with E-state index in [0.717, 1.165) is 5.69 Å². The maximum Gasteiger partial charge on any atom is 0.265 e. The monoisotopic (exact) mass is 263 g/mol. The van der Waals surface area contributed by atoms with Crippen molar-refractivity contribution >= 4 is 17.3 Å². The Bertz CT molecular complexity index is 474. The highest BCUT2D eigenvalue weighted by molar-refractivity contribution is 5.98. The summed E-state index contributed by atoms with van der Waals surface area (Å²) in [5.74, 6) is 1.34. The topological polar surface area (TPSA) is 81.6 Å². The smallest absolute Gasteiger partial charge is 0.265 e. The fraction of sp³-hybridized carbons (Fsp3) is 0.500. The second kappa shape index (κ2) is 5.48. The van der Waals surface area contributed by atoms with Gasteiger partial charge in [-0.05, 0) is 36.6 Å². The SMILES string of the molecule is CC(C)C(CN)CN1C(=O)COc2ccc(N)cc21. The minimum absolute atomic E-state index is 0.0443. The first-order chi connectivity index (χ1) is 9.02. The standard InChI is InChI=1S/C14H21N3O2/c1-9(2)10(6-15)7-17-12-5-11(16)3-4-13(12)19-8-14(17)18/h3-5,9-10H,6-8,15-16H2,1-2H3. The molecule has 0 saturated carbocycles. The van der Waals surface area contributed by atoms with Crippen LogP contribution >= 0.6 is 0 Å². The number of hydrogen-bond donors (Lipinski definition) is 2. The van der Waals surface area contributed by atoms with Crippen LogP contribution in [0.25, 0.3) is 0 Å². The van der Waals surface area contributed by atoms with Crippen LogP contribution in [0.3, 0.4) is 0 Å². The molecule has 0 bridgehead atoms. The molecule has 1 aromatic rings. The maximum absolute atomic E-state index is 12.1. The van der Waals surface area contributed by atoms with E-state index in [1.165, 1.54) is 0 Å². The van der Waals surface area contributed by atoms with Gasteiger partial charge in [-0.2, -0.15) is 0 Å². The highest BCUT2D eigenvalue weighted by Crippen LogP contribution is 2.34. The van der Waals surface area contributed by atoms with E-state index in [2.05, 4.69) is 13.8 Å². The number of nitrogens with two attached hydrogens (primary N) is 2. The number of fused-ring (bicyclic) bond motifs is 1. The Labute approximate surface area is 113 Å². The number of rotatable bonds is 4. The van der Waals surface area contributed by atoms with E-state index < -0.39 is 0 Å². The molecule has 104 valence electrons. The highest BCUT2D eigenvalue weighted by Gasteiger charge is 2.28. The average Bonchev–Trinajstić information content (AvgIpc) is 2.37. The number of nitrogens with zero attached hydrogens (tertiary/aromatic N) is 1. The van der Waals surface area contributed by atoms with E-state index in [-0.39, 0.29) is 18.4 Å². The molecule has 1 unspecified atom stereocenters. The lowest BCUT2D eigenvalue weighted by atomic mass is 9.95. The van der Waals surface area contributed by atoms with Crippen LogP contribution in [0, 0.1) is 11.8 Å². The van der Waals surface area contributed by atoms with Crippen LogP contribution in [-0.2, 0) is 4.79 Å². The van der Waals surface area contributed by atoms with Crippen molar-refractivity contribution in [1.82, 2.24) is 0 Å². The largest absolute Gasteiger partial charge is 0.482 e. The van der Waals surface area contributed by atoms with E-state index >= 15 is 0 Å². The van der Waals surface area contributed by atoms with E-state index in [0.29, 0.717) is 30.4 Å². The molecule has 1 aliphatic rings. The fourth-order valence-electron chi connectivity index (χ4n) is 2.21. The summed E-state index contributed by atoms with van der Waals surface area (Å²) in [7, 11) is 0. The van der Waals surface area contributed by atoms with Crippen LogP contribution in [0.1, 0.15) is 13.8 Å². The van der Waals surface area contributed by atoms with E-state index in [1.54, 1.807) is 23.1 Å². The Morgan fingerprint density at radius 2 is 2.16 bits per heavy atom. The van der Waals surface area contributed by atoms with Crippen LogP contribution in [-0.4, -0.2) is 25.6 Å². The Balaban J connectivity index is 2.29. The quantitative estimate of drug-likeness (QED) is 0.800. The molecule has 0 aromatic heterocycles. The average molecular weight is 263 g/mol. The summed E-state index contributed by atoms with van der Waals surface area (Å²) in [5, 5.41) is 0. The molecular formula is C14H21N3O2. The molecule has 5 nitrogen and oxygen atoms in total. The molecule has 1 aromatic carbocycles. The molecule has 0 radical (unpaired) electrons. The number of amides is 1. The zero-order valence-corrected chi connectivity index (χ0v) is 11.4. The van der Waals surface area contributed by atoms with E-state index in [4.69, 9.17) is 16.2 Å². The van der Waals surface area contributed by atoms with E-state index in [9.17, 15) is 4.79 Å². The predicted octanol–water partition coefficient (Wildman–Crippen LogP) is 1.23. The Kier molecular flexibility index (Phi) is 3.95. The summed E-state index contributed by atoms with van der Waals surface area (Å²) < 4.78 is 5.42. The van der Waals surface area contributed by atoms with Gasteiger partial charge in [0.15, 0.2) is 6.61 Å². The fourth-order valence-corrected chi connectivity index (χ4v) is 2.21. The van der Waals surface area contributed by atoms with Gasteiger partial charge < -0.3 is 21.1 Å². The van der Waals surface area contributed by atoms with Gasteiger partial charge in [-0.3, -0.25) is 4.79 Å². The van der Waals surface area contributed by atoms with Crippen LogP contribution in [0.5, 0.6) is 5.75 Å². The molecule has 0 spiro atoms. The van der Waals surface area contributed by atoms with Gasteiger partial charge in [0.2, 0.25) is 0 Å². The molecule has 1 heterocycles. The molecule has 0 fully saturated rings. The second-order valence-corrected chi connectivity index (χ2v) is 5.26. The molecule has 2 rings (SSSR count). The van der Waals surface area contributed by atoms with Gasteiger partial charge in [-0.25, -0.2) is 0 Å². The Morgan fingerprint density at radius 3 is 2.79 bits per heavy atom. The number of benzene rings is 1. The predicted molar refractivity (Wildman–Crippen MR) is 76.1 cm³/mol. The highest BCUT2D eigenvalue weighted by atomic mass is 16.5. The summed E-state index contributed by atoms with van der Waals surface area (Å²) in [4.78, 5) is 13.8. The first-order valence-electron chi connectivity index (χ1n) is 6.55. The summed E-state index contributed by atoms with van der Waals surface area (Å²) in [6.07, 6.45) is 0. The second-order valence-electron chi connectivity index (χ2n) is 5.26. The normalized spacial score (nSPS) is 16.2. The lowest BCUT2D eigenvalue weighted by molar-refractivity contribution is -0.121. The summed E-state index contributed by atoms with van der Waals surface area (Å²) in [6.45, 7) is 5.46. The minimum atomic E-state index is -0.0443. The summed E-state index contributed by atoms with van der Waals surface area (Å²) in [6, 6.07) is 5.35. The number of hydrogen-bond acceptors (Lipinski definition) is 4. The molecule has 0 saturated heterocycles. The maximum atomic E-state index is 12.1. The van der Waals surface area contributed by atoms with Crippen LogP contribution in [0.4, 0.5) is 11.4 Å². The van der Waals surface area contributed by atoms with Crippen molar-refractivity contribution in [3.63, 3.8) is 0 Å². The van der Waals surface area contributed by atoms with Gasteiger partial charge in [0.25, 0.3) is 5.91 Å². The lowest BCUT2D eigenvalue weighted by Crippen LogP contribution is -2.44.